The van der Waals surface area contributed by atoms with Crippen LogP contribution in [-0.4, -0.2) is 47.5 Å². The molecule has 0 bridgehead atoms. The van der Waals surface area contributed by atoms with Crippen molar-refractivity contribution in [1.29, 1.82) is 0 Å². The molecule has 2 N–H and O–H groups in total. The molecule has 6 heavy (non-hydrogen) atoms. The Balaban J connectivity index is 0. The van der Waals surface area contributed by atoms with Crippen LogP contribution in [0.4, 0.5) is 0 Å². The van der Waals surface area contributed by atoms with Gasteiger partial charge in [0.1, 0.15) is 0 Å². The van der Waals surface area contributed by atoms with Gasteiger partial charge in [0.2, 0.25) is 5.69 Å². The van der Waals surface area contributed by atoms with Crippen molar-refractivity contribution in [3.05, 3.63) is 0 Å². The van der Waals surface area contributed by atoms with Crippen molar-refractivity contribution in [3.8, 4) is 0 Å². The Morgan fingerprint density at radius 3 is 1.50 bits per heavy atom. The van der Waals surface area contributed by atoms with Crippen LogP contribution in [0.15, 0.2) is 0 Å². The fraction of sp³-hybridized carbons (Fsp3) is 0. The summed E-state index contributed by atoms with van der Waals surface area (Å²) in [6.45, 7) is 0. The van der Waals surface area contributed by atoms with E-state index in [0.29, 0.717) is 0 Å². The van der Waals surface area contributed by atoms with Gasteiger partial charge in [-0.1, -0.05) is 12.2 Å². The van der Waals surface area contributed by atoms with Crippen LogP contribution < -0.4 is 0 Å². The minimum Gasteiger partial charge on any atom is -0.338 e. The Hall–Kier alpha value is 2.18. The number of thiol groups is 1. The fourth-order valence-electron chi connectivity index (χ4n) is 0. The molecular formula is H3CaO2PS2. The summed E-state index contributed by atoms with van der Waals surface area (Å²) >= 11 is 7.07. The Bertz CT molecular complexity index is 57.7. The van der Waals surface area contributed by atoms with Crippen LogP contribution >= 0.6 is 17.9 Å². The molecule has 0 aliphatic carbocycles. The molecule has 2 radical (unpaired) electrons. The second kappa shape index (κ2) is 4.10. The first kappa shape index (κ1) is 11.0. The van der Waals surface area contributed by atoms with Crippen LogP contribution in [-0.2, 0) is 11.8 Å². The van der Waals surface area contributed by atoms with Crippen LogP contribution in [0.5, 0.6) is 0 Å². The molecule has 6 heteroatoms. The first-order valence-electron chi connectivity index (χ1n) is 0.783. The maximum atomic E-state index is 7.87. The van der Waals surface area contributed by atoms with E-state index in [9.17, 15) is 0 Å². The Morgan fingerprint density at radius 1 is 1.50 bits per heavy atom. The molecular weight excluding hydrogens is 167 g/mol. The van der Waals surface area contributed by atoms with E-state index in [1.165, 1.54) is 0 Å². The molecule has 0 aliphatic rings. The second-order valence-electron chi connectivity index (χ2n) is 0.513. The largest absolute Gasteiger partial charge is 0.338 e. The van der Waals surface area contributed by atoms with Gasteiger partial charge < -0.3 is 9.79 Å². The molecule has 2 nitrogen and oxygen atoms in total. The van der Waals surface area contributed by atoms with Crippen molar-refractivity contribution < 1.29 is 9.79 Å². The van der Waals surface area contributed by atoms with Crippen LogP contribution in [0.2, 0.25) is 0 Å². The first-order chi connectivity index (χ1) is 2.00. The van der Waals surface area contributed by atoms with Gasteiger partial charge in [0.15, 0.2) is 0 Å². The third kappa shape index (κ3) is 34.9. The average Bonchev–Trinajstić information content (AvgIpc) is 0.722. The van der Waals surface area contributed by atoms with E-state index >= 15 is 0 Å². The summed E-state index contributed by atoms with van der Waals surface area (Å²) in [5.41, 5.74) is -3.11. The molecule has 0 aromatic heterocycles. The van der Waals surface area contributed by atoms with E-state index in [0.717, 1.165) is 0 Å². The first-order valence-corrected chi connectivity index (χ1v) is 4.64. The minimum absolute atomic E-state index is 0. The predicted octanol–water partition coefficient (Wildman–Crippen LogP) is -0.256. The SMILES string of the molecule is OP(O)(=S)S.[Ca]. The number of rotatable bonds is 0. The average molecular weight is 170 g/mol. The summed E-state index contributed by atoms with van der Waals surface area (Å²) in [5.74, 6) is 0. The molecule has 0 spiro atoms. The van der Waals surface area contributed by atoms with E-state index in [-0.39, 0.29) is 37.7 Å². The summed E-state index contributed by atoms with van der Waals surface area (Å²) < 4.78 is 0. The Morgan fingerprint density at radius 2 is 1.50 bits per heavy atom. The van der Waals surface area contributed by atoms with E-state index in [1.807, 2.05) is 0 Å². The summed E-state index contributed by atoms with van der Waals surface area (Å²) in [6.07, 6.45) is 0. The van der Waals surface area contributed by atoms with Crippen molar-refractivity contribution in [2.24, 2.45) is 0 Å². The maximum absolute atomic E-state index is 7.87. The van der Waals surface area contributed by atoms with Crippen molar-refractivity contribution in [1.82, 2.24) is 0 Å². The zero-order valence-corrected chi connectivity index (χ0v) is 7.72. The number of hydrogen-bond donors (Lipinski definition) is 3. The van der Waals surface area contributed by atoms with Gasteiger partial charge in [-0.05, 0) is 11.8 Å². The topological polar surface area (TPSA) is 40.5 Å². The van der Waals surface area contributed by atoms with Gasteiger partial charge in [0.25, 0.3) is 0 Å². The second-order valence-corrected chi connectivity index (χ2v) is 5.55. The molecule has 34 valence electrons. The Labute approximate surface area is 76.3 Å². The molecule has 0 rings (SSSR count). The molecule has 0 heterocycles. The molecule has 0 aromatic carbocycles. The molecule has 0 atom stereocenters. The van der Waals surface area contributed by atoms with E-state index in [4.69, 9.17) is 9.79 Å². The van der Waals surface area contributed by atoms with E-state index in [1.54, 1.807) is 0 Å². The van der Waals surface area contributed by atoms with Gasteiger partial charge in [0, 0.05) is 37.7 Å². The van der Waals surface area contributed by atoms with Gasteiger partial charge in [-0.15, -0.1) is 0 Å². The van der Waals surface area contributed by atoms with Gasteiger partial charge in [-0.25, -0.2) is 0 Å². The minimum atomic E-state index is -3.11. The molecule has 0 saturated carbocycles. The standard InChI is InChI=1S/Ca.H3O2PS2/c;1-3(2,4)5/h;(H3,1,2,4,5). The number of hydrogen-bond acceptors (Lipinski definition) is 1. The molecule has 0 aromatic rings. The summed E-state index contributed by atoms with van der Waals surface area (Å²) in [7, 11) is 0. The van der Waals surface area contributed by atoms with Crippen molar-refractivity contribution in [2.75, 3.05) is 0 Å². The summed E-state index contributed by atoms with van der Waals surface area (Å²) in [4.78, 5) is 15.7. The smallest absolute Gasteiger partial charge is 0.239 e. The van der Waals surface area contributed by atoms with Crippen LogP contribution in [0.1, 0.15) is 0 Å². The van der Waals surface area contributed by atoms with Crippen molar-refractivity contribution >= 4 is 67.5 Å². The van der Waals surface area contributed by atoms with E-state index in [2.05, 4.69) is 24.1 Å². The van der Waals surface area contributed by atoms with Crippen LogP contribution in [0.3, 0.4) is 0 Å². The molecule has 0 unspecified atom stereocenters. The summed E-state index contributed by atoms with van der Waals surface area (Å²) in [6, 6.07) is 0. The monoisotopic (exact) mass is 170 g/mol. The predicted molar refractivity (Wildman–Crippen MR) is 33.5 cm³/mol. The summed E-state index contributed by atoms with van der Waals surface area (Å²) in [5, 5.41) is 0. The van der Waals surface area contributed by atoms with Crippen molar-refractivity contribution in [2.45, 2.75) is 0 Å². The zero-order valence-electron chi connectivity index (χ0n) is 2.90. The molecule has 0 aliphatic heterocycles. The third-order valence-corrected chi connectivity index (χ3v) is 0. The third-order valence-electron chi connectivity index (χ3n) is 0. The van der Waals surface area contributed by atoms with Gasteiger partial charge in [-0.2, -0.15) is 0 Å². The zero-order chi connectivity index (χ0) is 4.50. The maximum Gasteiger partial charge on any atom is 0.239 e. The molecule has 0 fully saturated rings. The molecule has 0 amide bonds. The van der Waals surface area contributed by atoms with Gasteiger partial charge >= 0.3 is 0 Å². The molecule has 0 saturated heterocycles. The van der Waals surface area contributed by atoms with Crippen LogP contribution in [0, 0.1) is 0 Å². The van der Waals surface area contributed by atoms with Gasteiger partial charge in [0.05, 0.1) is 0 Å². The quantitative estimate of drug-likeness (QED) is 0.266. The van der Waals surface area contributed by atoms with E-state index < -0.39 is 5.69 Å². The van der Waals surface area contributed by atoms with Crippen LogP contribution in [0.25, 0.3) is 0 Å². The van der Waals surface area contributed by atoms with Gasteiger partial charge in [-0.3, -0.25) is 0 Å². The fourth-order valence-corrected chi connectivity index (χ4v) is 0. The normalized spacial score (nSPS) is 9.83. The van der Waals surface area contributed by atoms with Crippen molar-refractivity contribution in [3.63, 3.8) is 0 Å². The Kier molecular flexibility index (Phi) is 7.54.